The molecule has 0 bridgehead atoms. The Labute approximate surface area is 211 Å². The molecule has 0 saturated carbocycles. The zero-order chi connectivity index (χ0) is 25.4. The van der Waals surface area contributed by atoms with Gasteiger partial charge in [0, 0.05) is 17.5 Å². The van der Waals surface area contributed by atoms with Crippen molar-refractivity contribution in [3.63, 3.8) is 0 Å². The minimum absolute atomic E-state index is 0.0900. The van der Waals surface area contributed by atoms with Crippen molar-refractivity contribution in [2.45, 2.75) is 72.1 Å². The van der Waals surface area contributed by atoms with Crippen molar-refractivity contribution >= 4 is 34.1 Å². The lowest BCUT2D eigenvalue weighted by atomic mass is 9.85. The summed E-state index contributed by atoms with van der Waals surface area (Å²) in [4.78, 5) is 33.2. The minimum atomic E-state index is -0.699. The van der Waals surface area contributed by atoms with E-state index >= 15 is 0 Å². The molecule has 1 fully saturated rings. The number of thiazole rings is 1. The lowest BCUT2D eigenvalue weighted by Crippen LogP contribution is -2.55. The van der Waals surface area contributed by atoms with Gasteiger partial charge in [-0.25, -0.2) is 9.78 Å². The second-order valence-electron chi connectivity index (χ2n) is 11.2. The number of aromatic nitrogens is 1. The lowest BCUT2D eigenvalue weighted by molar-refractivity contribution is -0.137. The average Bonchev–Trinajstić information content (AvgIpc) is 3.44. The van der Waals surface area contributed by atoms with E-state index < -0.39 is 23.2 Å². The van der Waals surface area contributed by atoms with Gasteiger partial charge < -0.3 is 15.0 Å². The zero-order valence-electron chi connectivity index (χ0n) is 21.4. The van der Waals surface area contributed by atoms with Gasteiger partial charge in [-0.1, -0.05) is 63.2 Å². The van der Waals surface area contributed by atoms with E-state index in [2.05, 4.69) is 41.0 Å². The number of likely N-dealkylation sites (tertiary alicyclic amines) is 1. The van der Waals surface area contributed by atoms with Crippen LogP contribution in [0.15, 0.2) is 47.8 Å². The van der Waals surface area contributed by atoms with Gasteiger partial charge in [0.1, 0.15) is 16.7 Å². The Kier molecular flexibility index (Phi) is 6.91. The molecule has 1 unspecified atom stereocenters. The number of nitrogens with one attached hydrogen (secondary N) is 1. The zero-order valence-corrected chi connectivity index (χ0v) is 22.2. The third-order valence-electron chi connectivity index (χ3n) is 6.18. The van der Waals surface area contributed by atoms with Crippen LogP contribution in [0.25, 0.3) is 22.0 Å². The fourth-order valence-electron chi connectivity index (χ4n) is 4.54. The molecule has 1 aliphatic rings. The van der Waals surface area contributed by atoms with Crippen molar-refractivity contribution in [2.24, 2.45) is 5.41 Å². The van der Waals surface area contributed by atoms with Crippen LogP contribution in [0.1, 0.15) is 65.4 Å². The van der Waals surface area contributed by atoms with Crippen molar-refractivity contribution in [1.29, 1.82) is 0 Å². The summed E-state index contributed by atoms with van der Waals surface area (Å²) in [6, 6.07) is 13.8. The standard InChI is InChI=1S/C28H35N3O3S/c1-27(2,3)23(30-26(33)34-28(4,5)6)25(32)31-16-10-15-22(31)24-29-21(17-35-24)20-14-9-12-18-11-7-8-13-19(18)20/h7-9,11-14,17,22-23H,10,15-16H2,1-6H3,(H,30,33)/t22?,23-/m1/s1. The Morgan fingerprint density at radius 1 is 1.09 bits per heavy atom. The molecule has 3 aromatic rings. The average molecular weight is 494 g/mol. The molecule has 0 radical (unpaired) electrons. The molecular formula is C28H35N3O3S. The van der Waals surface area contributed by atoms with Gasteiger partial charge in [0.15, 0.2) is 0 Å². The monoisotopic (exact) mass is 493 g/mol. The van der Waals surface area contributed by atoms with Crippen LogP contribution in [-0.4, -0.2) is 40.1 Å². The van der Waals surface area contributed by atoms with Crippen LogP contribution in [-0.2, 0) is 9.53 Å². The maximum absolute atomic E-state index is 13.8. The largest absolute Gasteiger partial charge is 0.444 e. The second-order valence-corrected chi connectivity index (χ2v) is 12.1. The molecule has 4 rings (SSSR count). The Bertz CT molecular complexity index is 1220. The Morgan fingerprint density at radius 2 is 1.80 bits per heavy atom. The second kappa shape index (κ2) is 9.61. The van der Waals surface area contributed by atoms with Crippen LogP contribution in [0.5, 0.6) is 0 Å². The molecule has 0 spiro atoms. The van der Waals surface area contributed by atoms with E-state index in [0.717, 1.165) is 29.1 Å². The summed E-state index contributed by atoms with van der Waals surface area (Å²) in [6.45, 7) is 12.0. The van der Waals surface area contributed by atoms with E-state index in [9.17, 15) is 9.59 Å². The molecular weight excluding hydrogens is 458 g/mol. The van der Waals surface area contributed by atoms with Crippen molar-refractivity contribution in [3.8, 4) is 11.3 Å². The number of alkyl carbamates (subject to hydrolysis) is 1. The summed E-state index contributed by atoms with van der Waals surface area (Å²) < 4.78 is 5.44. The number of rotatable bonds is 4. The van der Waals surface area contributed by atoms with Gasteiger partial charge in [-0.3, -0.25) is 4.79 Å². The molecule has 1 saturated heterocycles. The molecule has 2 amide bonds. The van der Waals surface area contributed by atoms with Gasteiger partial charge in [0.05, 0.1) is 11.7 Å². The van der Waals surface area contributed by atoms with Gasteiger partial charge in [-0.2, -0.15) is 0 Å². The minimum Gasteiger partial charge on any atom is -0.444 e. The quantitative estimate of drug-likeness (QED) is 0.446. The smallest absolute Gasteiger partial charge is 0.408 e. The van der Waals surface area contributed by atoms with Crippen molar-refractivity contribution < 1.29 is 14.3 Å². The van der Waals surface area contributed by atoms with E-state index in [1.165, 1.54) is 10.8 Å². The van der Waals surface area contributed by atoms with E-state index in [4.69, 9.17) is 9.72 Å². The molecule has 1 N–H and O–H groups in total. The third-order valence-corrected chi connectivity index (χ3v) is 7.13. The summed E-state index contributed by atoms with van der Waals surface area (Å²) in [5.41, 5.74) is 0.920. The molecule has 35 heavy (non-hydrogen) atoms. The Balaban J connectivity index is 1.58. The predicted molar refractivity (Wildman–Crippen MR) is 141 cm³/mol. The van der Waals surface area contributed by atoms with Crippen LogP contribution in [0.3, 0.4) is 0 Å². The number of carbonyl (C=O) groups excluding carboxylic acids is 2. The molecule has 6 nitrogen and oxygen atoms in total. The Morgan fingerprint density at radius 3 is 2.51 bits per heavy atom. The van der Waals surface area contributed by atoms with E-state index in [1.807, 2.05) is 58.6 Å². The first-order chi connectivity index (χ1) is 16.4. The van der Waals surface area contributed by atoms with Gasteiger partial charge in [0.2, 0.25) is 5.91 Å². The van der Waals surface area contributed by atoms with Gasteiger partial charge in [-0.15, -0.1) is 11.3 Å². The highest BCUT2D eigenvalue weighted by molar-refractivity contribution is 7.10. The highest BCUT2D eigenvalue weighted by Crippen LogP contribution is 2.38. The third kappa shape index (κ3) is 5.67. The van der Waals surface area contributed by atoms with Gasteiger partial charge in [-0.05, 0) is 49.8 Å². The topological polar surface area (TPSA) is 71.5 Å². The van der Waals surface area contributed by atoms with Crippen molar-refractivity contribution in [1.82, 2.24) is 15.2 Å². The number of nitrogens with zero attached hydrogens (tertiary/aromatic N) is 2. The molecule has 2 heterocycles. The summed E-state index contributed by atoms with van der Waals surface area (Å²) in [7, 11) is 0. The van der Waals surface area contributed by atoms with Crippen molar-refractivity contribution in [2.75, 3.05) is 6.54 Å². The summed E-state index contributed by atoms with van der Waals surface area (Å²) in [5.74, 6) is -0.0900. The summed E-state index contributed by atoms with van der Waals surface area (Å²) in [6.07, 6.45) is 1.19. The van der Waals surface area contributed by atoms with E-state index in [-0.39, 0.29) is 11.9 Å². The van der Waals surface area contributed by atoms with Crippen LogP contribution in [0, 0.1) is 5.41 Å². The maximum Gasteiger partial charge on any atom is 0.408 e. The number of ether oxygens (including phenoxy) is 1. The molecule has 0 aliphatic carbocycles. The molecule has 186 valence electrons. The first kappa shape index (κ1) is 25.2. The van der Waals surface area contributed by atoms with Crippen LogP contribution in [0.2, 0.25) is 0 Å². The van der Waals surface area contributed by atoms with Crippen LogP contribution >= 0.6 is 11.3 Å². The number of fused-ring (bicyclic) bond motifs is 1. The summed E-state index contributed by atoms with van der Waals surface area (Å²) in [5, 5.41) is 8.21. The fourth-order valence-corrected chi connectivity index (χ4v) is 5.51. The SMILES string of the molecule is CC(C)(C)OC(=O)N[C@H](C(=O)N1CCCC1c1nc(-c2cccc3ccccc23)cs1)C(C)(C)C. The lowest BCUT2D eigenvalue weighted by Gasteiger charge is -2.35. The number of benzene rings is 2. The highest BCUT2D eigenvalue weighted by Gasteiger charge is 2.41. The van der Waals surface area contributed by atoms with Crippen LogP contribution in [0.4, 0.5) is 4.79 Å². The summed E-state index contributed by atoms with van der Waals surface area (Å²) >= 11 is 1.60. The maximum atomic E-state index is 13.8. The highest BCUT2D eigenvalue weighted by atomic mass is 32.1. The number of amides is 2. The van der Waals surface area contributed by atoms with Gasteiger partial charge in [0.25, 0.3) is 0 Å². The first-order valence-corrected chi connectivity index (χ1v) is 13.1. The molecule has 2 atom stereocenters. The normalized spacial score (nSPS) is 17.4. The first-order valence-electron chi connectivity index (χ1n) is 12.2. The molecule has 7 heteroatoms. The molecule has 1 aliphatic heterocycles. The predicted octanol–water partition coefficient (Wildman–Crippen LogP) is 6.57. The van der Waals surface area contributed by atoms with Gasteiger partial charge >= 0.3 is 6.09 Å². The molecule has 1 aromatic heterocycles. The molecule has 2 aromatic carbocycles. The van der Waals surface area contributed by atoms with E-state index in [1.54, 1.807) is 11.3 Å². The number of hydrogen-bond donors (Lipinski definition) is 1. The van der Waals surface area contributed by atoms with Crippen LogP contribution < -0.4 is 5.32 Å². The van der Waals surface area contributed by atoms with E-state index in [0.29, 0.717) is 6.54 Å². The van der Waals surface area contributed by atoms with Crippen molar-refractivity contribution in [3.05, 3.63) is 52.9 Å². The number of carbonyl (C=O) groups is 2. The Hall–Kier alpha value is -2.93. The fraction of sp³-hybridized carbons (Fsp3) is 0.464. The number of hydrogen-bond acceptors (Lipinski definition) is 5.